The second-order valence-electron chi connectivity index (χ2n) is 6.00. The van der Waals surface area contributed by atoms with Gasteiger partial charge in [-0.1, -0.05) is 0 Å². The van der Waals surface area contributed by atoms with Gasteiger partial charge in [0.05, 0.1) is 5.52 Å². The van der Waals surface area contributed by atoms with Gasteiger partial charge in [-0.05, 0) is 45.2 Å². The Kier molecular flexibility index (Phi) is 5.19. The summed E-state index contributed by atoms with van der Waals surface area (Å²) in [6, 6.07) is 1.72. The van der Waals surface area contributed by atoms with Crippen LogP contribution in [0.1, 0.15) is 29.9 Å². The van der Waals surface area contributed by atoms with Crippen LogP contribution in [0.15, 0.2) is 23.6 Å². The van der Waals surface area contributed by atoms with Crippen LogP contribution in [0.5, 0.6) is 0 Å². The molecule has 2 N–H and O–H groups in total. The first-order valence-corrected chi connectivity index (χ1v) is 9.56. The minimum atomic E-state index is -1.15. The molecule has 3 aromatic heterocycles. The third-order valence-electron chi connectivity index (χ3n) is 4.29. The lowest BCUT2D eigenvalue weighted by Gasteiger charge is -2.11. The normalized spacial score (nSPS) is 12.6. The number of anilines is 1. The first-order valence-electron chi connectivity index (χ1n) is 8.24. The number of nitrogens with zero attached hydrogens (tertiary/aromatic N) is 5. The van der Waals surface area contributed by atoms with E-state index in [0.717, 1.165) is 47.5 Å². The smallest absolute Gasteiger partial charge is 0.342 e. The van der Waals surface area contributed by atoms with E-state index in [1.165, 1.54) is 0 Å². The summed E-state index contributed by atoms with van der Waals surface area (Å²) < 4.78 is 14.3. The molecule has 0 aliphatic rings. The summed E-state index contributed by atoms with van der Waals surface area (Å²) in [5.74, 6) is 1.95. The van der Waals surface area contributed by atoms with Gasteiger partial charge in [-0.25, -0.2) is 9.97 Å². The van der Waals surface area contributed by atoms with E-state index in [9.17, 15) is 4.55 Å². The fourth-order valence-electron chi connectivity index (χ4n) is 2.88. The van der Waals surface area contributed by atoms with E-state index >= 15 is 0 Å². The summed E-state index contributed by atoms with van der Waals surface area (Å²) >= 11 is -1.15. The Balaban J connectivity index is 1.69. The van der Waals surface area contributed by atoms with Crippen molar-refractivity contribution in [2.75, 3.05) is 11.5 Å². The van der Waals surface area contributed by atoms with E-state index < -0.39 is 11.2 Å². The lowest BCUT2D eigenvalue weighted by molar-refractivity contribution is 0.574. The van der Waals surface area contributed by atoms with Crippen LogP contribution in [0.2, 0.25) is 0 Å². The van der Waals surface area contributed by atoms with E-state index in [-0.39, 0.29) is 0 Å². The van der Waals surface area contributed by atoms with E-state index in [2.05, 4.69) is 24.5 Å². The molecule has 132 valence electrons. The molecule has 7 nitrogen and oxygen atoms in total. The predicted molar refractivity (Wildman–Crippen MR) is 98.7 cm³/mol. The van der Waals surface area contributed by atoms with Crippen molar-refractivity contribution in [2.24, 2.45) is 0 Å². The number of pyridine rings is 1. The molecule has 1 unspecified atom stereocenters. The standard InChI is InChI=1S/C17H22N6OS/c1-11-12(2)21-16(18)14-15(11)23(13(3)22-14)9-4-5-10-25(24)17-19-7-6-8-20-17/h6-8H,4-5,9-10H2,1-3H3,(H2,18,21). The number of aryl methyl sites for hydroxylation is 4. The monoisotopic (exact) mass is 358 g/mol. The molecule has 3 heterocycles. The number of hydrogen-bond donors (Lipinski definition) is 1. The molecule has 3 aromatic rings. The molecule has 0 fully saturated rings. The number of rotatable bonds is 6. The maximum absolute atomic E-state index is 12.2. The van der Waals surface area contributed by atoms with Gasteiger partial charge in [0.1, 0.15) is 17.1 Å². The highest BCUT2D eigenvalue weighted by Gasteiger charge is 2.16. The summed E-state index contributed by atoms with van der Waals surface area (Å²) in [4.78, 5) is 17.0. The van der Waals surface area contributed by atoms with Gasteiger partial charge in [0, 0.05) is 35.8 Å². The number of hydrogen-bond acceptors (Lipinski definition) is 6. The first kappa shape index (κ1) is 17.6. The van der Waals surface area contributed by atoms with Crippen molar-refractivity contribution in [1.82, 2.24) is 24.5 Å². The van der Waals surface area contributed by atoms with Gasteiger partial charge in [-0.2, -0.15) is 9.97 Å². The van der Waals surface area contributed by atoms with E-state index in [4.69, 9.17) is 5.73 Å². The minimum absolute atomic E-state index is 0.400. The van der Waals surface area contributed by atoms with Crippen molar-refractivity contribution in [3.05, 3.63) is 35.5 Å². The van der Waals surface area contributed by atoms with E-state index in [0.29, 0.717) is 16.7 Å². The Labute approximate surface area is 149 Å². The number of unbranched alkanes of at least 4 members (excludes halogenated alkanes) is 1. The summed E-state index contributed by atoms with van der Waals surface area (Å²) in [6.07, 6.45) is 4.95. The lowest BCUT2D eigenvalue weighted by atomic mass is 10.2. The SMILES string of the molecule is Cc1nc(N)c2nc(C)n(CCCC[S+]([O-])c3ncccn3)c2c1C. The van der Waals surface area contributed by atoms with Gasteiger partial charge in [0.25, 0.3) is 0 Å². The van der Waals surface area contributed by atoms with Crippen LogP contribution in [0.4, 0.5) is 5.82 Å². The molecule has 1 atom stereocenters. The fraction of sp³-hybridized carbons (Fsp3) is 0.412. The second kappa shape index (κ2) is 7.37. The highest BCUT2D eigenvalue weighted by Crippen LogP contribution is 2.26. The van der Waals surface area contributed by atoms with Crippen LogP contribution >= 0.6 is 0 Å². The lowest BCUT2D eigenvalue weighted by Crippen LogP contribution is -2.11. The van der Waals surface area contributed by atoms with Gasteiger partial charge >= 0.3 is 5.16 Å². The topological polar surface area (TPSA) is 106 Å². The molecule has 8 heteroatoms. The molecule has 0 saturated carbocycles. The molecule has 0 radical (unpaired) electrons. The summed E-state index contributed by atoms with van der Waals surface area (Å²) in [5.41, 5.74) is 9.87. The largest absolute Gasteiger partial charge is 0.609 e. The average molecular weight is 358 g/mol. The zero-order chi connectivity index (χ0) is 18.0. The van der Waals surface area contributed by atoms with Crippen molar-refractivity contribution in [3.63, 3.8) is 0 Å². The van der Waals surface area contributed by atoms with Gasteiger partial charge in [0.2, 0.25) is 0 Å². The molecular formula is C17H22N6OS. The fourth-order valence-corrected chi connectivity index (χ4v) is 3.89. The molecule has 0 bridgehead atoms. The molecule has 0 aliphatic carbocycles. The number of nitrogens with two attached hydrogens (primary N) is 1. The van der Waals surface area contributed by atoms with Crippen molar-refractivity contribution in [3.8, 4) is 0 Å². The van der Waals surface area contributed by atoms with Crippen LogP contribution in [0.25, 0.3) is 11.0 Å². The highest BCUT2D eigenvalue weighted by molar-refractivity contribution is 7.91. The highest BCUT2D eigenvalue weighted by atomic mass is 32.2. The molecule has 3 rings (SSSR count). The Hall–Kier alpha value is -2.19. The van der Waals surface area contributed by atoms with Gasteiger partial charge < -0.3 is 14.9 Å². The van der Waals surface area contributed by atoms with Gasteiger partial charge in [-0.3, -0.25) is 0 Å². The third kappa shape index (κ3) is 3.59. The quantitative estimate of drug-likeness (QED) is 0.412. The molecule has 0 saturated heterocycles. The van der Waals surface area contributed by atoms with Crippen LogP contribution in [-0.4, -0.2) is 34.8 Å². The maximum Gasteiger partial charge on any atom is 0.342 e. The summed E-state index contributed by atoms with van der Waals surface area (Å²) in [7, 11) is 0. The molecule has 0 aromatic carbocycles. The molecule has 0 spiro atoms. The minimum Gasteiger partial charge on any atom is -0.609 e. The molecule has 0 amide bonds. The number of fused-ring (bicyclic) bond motifs is 1. The first-order chi connectivity index (χ1) is 12.0. The number of nitrogen functional groups attached to an aromatic ring is 1. The summed E-state index contributed by atoms with van der Waals surface area (Å²) in [6.45, 7) is 6.79. The molecular weight excluding hydrogens is 336 g/mol. The van der Waals surface area contributed by atoms with Crippen molar-refractivity contribution < 1.29 is 4.55 Å². The zero-order valence-electron chi connectivity index (χ0n) is 14.7. The predicted octanol–water partition coefficient (Wildman–Crippen LogP) is 2.32. The Morgan fingerprint density at radius 2 is 1.84 bits per heavy atom. The number of aromatic nitrogens is 5. The maximum atomic E-state index is 12.2. The molecule has 25 heavy (non-hydrogen) atoms. The van der Waals surface area contributed by atoms with Gasteiger partial charge in [0.15, 0.2) is 5.82 Å². The van der Waals surface area contributed by atoms with Crippen molar-refractivity contribution in [1.29, 1.82) is 0 Å². The summed E-state index contributed by atoms with van der Waals surface area (Å²) in [5, 5.41) is 0.400. The van der Waals surface area contributed by atoms with E-state index in [1.54, 1.807) is 18.5 Å². The Morgan fingerprint density at radius 1 is 1.12 bits per heavy atom. The zero-order valence-corrected chi connectivity index (χ0v) is 15.5. The van der Waals surface area contributed by atoms with Crippen LogP contribution in [0, 0.1) is 20.8 Å². The van der Waals surface area contributed by atoms with Crippen molar-refractivity contribution >= 4 is 28.0 Å². The van der Waals surface area contributed by atoms with E-state index in [1.807, 2.05) is 20.8 Å². The third-order valence-corrected chi connectivity index (χ3v) is 5.57. The van der Waals surface area contributed by atoms with Crippen LogP contribution in [-0.2, 0) is 17.7 Å². The second-order valence-corrected chi connectivity index (χ2v) is 7.47. The van der Waals surface area contributed by atoms with Crippen LogP contribution < -0.4 is 5.73 Å². The van der Waals surface area contributed by atoms with Crippen LogP contribution in [0.3, 0.4) is 0 Å². The Morgan fingerprint density at radius 3 is 2.56 bits per heavy atom. The Bertz CT molecular complexity index is 880. The molecule has 0 aliphatic heterocycles. The van der Waals surface area contributed by atoms with Gasteiger partial charge in [-0.15, -0.1) is 0 Å². The van der Waals surface area contributed by atoms with Crippen molar-refractivity contribution in [2.45, 2.75) is 45.3 Å². The average Bonchev–Trinajstić information content (AvgIpc) is 2.94. The number of imidazole rings is 1.